The van der Waals surface area contributed by atoms with E-state index in [1.54, 1.807) is 0 Å². The first kappa shape index (κ1) is 21.2. The lowest BCUT2D eigenvalue weighted by molar-refractivity contribution is -0.138. The van der Waals surface area contributed by atoms with Crippen molar-refractivity contribution in [1.29, 1.82) is 0 Å². The number of hydrogen-bond donors (Lipinski definition) is 2. The predicted molar refractivity (Wildman–Crippen MR) is 92.0 cm³/mol. The highest BCUT2D eigenvalue weighted by Gasteiger charge is 2.33. The number of guanidine groups is 1. The highest BCUT2D eigenvalue weighted by molar-refractivity contribution is 5.79. The number of hydrogen-bond acceptors (Lipinski definition) is 2. The van der Waals surface area contributed by atoms with Gasteiger partial charge in [-0.2, -0.15) is 13.2 Å². The van der Waals surface area contributed by atoms with E-state index in [2.05, 4.69) is 34.4 Å². The third-order valence-corrected chi connectivity index (χ3v) is 3.77. The van der Waals surface area contributed by atoms with Crippen molar-refractivity contribution >= 4 is 5.96 Å². The molecule has 0 amide bonds. The average Bonchev–Trinajstić information content (AvgIpc) is 2.52. The fourth-order valence-electron chi connectivity index (χ4n) is 2.07. The van der Waals surface area contributed by atoms with E-state index < -0.39 is 17.6 Å². The van der Waals surface area contributed by atoms with Gasteiger partial charge in [-0.25, -0.2) is 9.38 Å². The molecule has 1 aromatic carbocycles. The highest BCUT2D eigenvalue weighted by Crippen LogP contribution is 2.32. The summed E-state index contributed by atoms with van der Waals surface area (Å²) in [5, 5.41) is 6.08. The van der Waals surface area contributed by atoms with Crippen molar-refractivity contribution in [2.24, 2.45) is 4.99 Å². The van der Waals surface area contributed by atoms with Crippen LogP contribution in [0.5, 0.6) is 0 Å². The monoisotopic (exact) mass is 362 g/mol. The largest absolute Gasteiger partial charge is 0.416 e. The Morgan fingerprint density at radius 3 is 2.48 bits per heavy atom. The van der Waals surface area contributed by atoms with E-state index >= 15 is 0 Å². The quantitative estimate of drug-likeness (QED) is 0.444. The van der Waals surface area contributed by atoms with Crippen molar-refractivity contribution in [1.82, 2.24) is 15.5 Å². The first-order chi connectivity index (χ1) is 11.6. The molecule has 0 radical (unpaired) electrons. The SMILES string of the molecule is CCNC(=NCc1ccc(F)cc1C(F)(F)F)NCCN(C)C(C)C. The molecule has 0 aliphatic rings. The Kier molecular flexibility index (Phi) is 8.15. The second-order valence-electron chi connectivity index (χ2n) is 6.00. The van der Waals surface area contributed by atoms with Crippen LogP contribution in [-0.4, -0.2) is 43.6 Å². The smallest absolute Gasteiger partial charge is 0.357 e. The van der Waals surface area contributed by atoms with Gasteiger partial charge in [0.2, 0.25) is 0 Å². The summed E-state index contributed by atoms with van der Waals surface area (Å²) in [6.45, 7) is 7.80. The van der Waals surface area contributed by atoms with E-state index in [4.69, 9.17) is 0 Å². The van der Waals surface area contributed by atoms with Crippen molar-refractivity contribution in [2.75, 3.05) is 26.7 Å². The average molecular weight is 362 g/mol. The van der Waals surface area contributed by atoms with Gasteiger partial charge in [0, 0.05) is 25.7 Å². The molecule has 1 aromatic rings. The van der Waals surface area contributed by atoms with Crippen molar-refractivity contribution in [2.45, 2.75) is 39.5 Å². The Balaban J connectivity index is 2.81. The van der Waals surface area contributed by atoms with Crippen LogP contribution in [0, 0.1) is 5.82 Å². The maximum Gasteiger partial charge on any atom is 0.416 e. The number of aliphatic imine (C=N–C) groups is 1. The van der Waals surface area contributed by atoms with Crippen LogP contribution in [0.1, 0.15) is 31.9 Å². The Morgan fingerprint density at radius 1 is 1.24 bits per heavy atom. The summed E-state index contributed by atoms with van der Waals surface area (Å²) < 4.78 is 52.2. The highest BCUT2D eigenvalue weighted by atomic mass is 19.4. The molecule has 0 aliphatic carbocycles. The number of rotatable bonds is 7. The maximum atomic E-state index is 13.1. The number of alkyl halides is 3. The second-order valence-corrected chi connectivity index (χ2v) is 6.00. The molecule has 0 aromatic heterocycles. The molecular formula is C17H26F4N4. The first-order valence-electron chi connectivity index (χ1n) is 8.23. The Labute approximate surface area is 146 Å². The van der Waals surface area contributed by atoms with Crippen LogP contribution in [0.4, 0.5) is 17.6 Å². The predicted octanol–water partition coefficient (Wildman–Crippen LogP) is 3.24. The zero-order valence-corrected chi connectivity index (χ0v) is 15.0. The van der Waals surface area contributed by atoms with Crippen LogP contribution in [-0.2, 0) is 12.7 Å². The zero-order valence-electron chi connectivity index (χ0n) is 15.0. The standard InChI is InChI=1S/C17H26F4N4/c1-5-22-16(23-8-9-25(4)12(2)3)24-11-13-6-7-14(18)10-15(13)17(19,20)21/h6-7,10,12H,5,8-9,11H2,1-4H3,(H2,22,23,24). The van der Waals surface area contributed by atoms with Gasteiger partial charge in [-0.15, -0.1) is 0 Å². The van der Waals surface area contributed by atoms with Crippen LogP contribution in [0.3, 0.4) is 0 Å². The van der Waals surface area contributed by atoms with E-state index in [0.29, 0.717) is 31.2 Å². The fourth-order valence-corrected chi connectivity index (χ4v) is 2.07. The molecule has 4 nitrogen and oxygen atoms in total. The van der Waals surface area contributed by atoms with Gasteiger partial charge in [-0.1, -0.05) is 6.07 Å². The topological polar surface area (TPSA) is 39.7 Å². The van der Waals surface area contributed by atoms with E-state index in [1.165, 1.54) is 0 Å². The van der Waals surface area contributed by atoms with E-state index in [0.717, 1.165) is 18.7 Å². The molecule has 1 rings (SSSR count). The van der Waals surface area contributed by atoms with Gasteiger partial charge in [0.25, 0.3) is 0 Å². The summed E-state index contributed by atoms with van der Waals surface area (Å²) in [7, 11) is 1.99. The fraction of sp³-hybridized carbons (Fsp3) is 0.588. The molecule has 0 saturated heterocycles. The van der Waals surface area contributed by atoms with Gasteiger partial charge in [-0.05, 0) is 45.5 Å². The third kappa shape index (κ3) is 7.29. The van der Waals surface area contributed by atoms with E-state index in [1.807, 2.05) is 14.0 Å². The van der Waals surface area contributed by atoms with Gasteiger partial charge in [0.1, 0.15) is 5.82 Å². The van der Waals surface area contributed by atoms with Crippen LogP contribution in [0.25, 0.3) is 0 Å². The van der Waals surface area contributed by atoms with Crippen LogP contribution in [0.2, 0.25) is 0 Å². The van der Waals surface area contributed by atoms with E-state index in [-0.39, 0.29) is 12.1 Å². The normalized spacial score (nSPS) is 12.8. The molecule has 0 unspecified atom stereocenters. The summed E-state index contributed by atoms with van der Waals surface area (Å²) in [4.78, 5) is 6.32. The molecular weight excluding hydrogens is 336 g/mol. The molecule has 0 saturated carbocycles. The van der Waals surface area contributed by atoms with Crippen LogP contribution in [0.15, 0.2) is 23.2 Å². The van der Waals surface area contributed by atoms with Crippen molar-refractivity contribution in [3.63, 3.8) is 0 Å². The maximum absolute atomic E-state index is 13.1. The van der Waals surface area contributed by atoms with Crippen molar-refractivity contribution in [3.8, 4) is 0 Å². The molecule has 0 bridgehead atoms. The molecule has 0 spiro atoms. The van der Waals surface area contributed by atoms with Gasteiger partial charge in [0.05, 0.1) is 12.1 Å². The number of nitrogens with zero attached hydrogens (tertiary/aromatic N) is 2. The van der Waals surface area contributed by atoms with Gasteiger partial charge >= 0.3 is 6.18 Å². The Morgan fingerprint density at radius 2 is 1.92 bits per heavy atom. The minimum atomic E-state index is -4.61. The lowest BCUT2D eigenvalue weighted by atomic mass is 10.1. The number of benzene rings is 1. The molecule has 0 heterocycles. The molecule has 8 heteroatoms. The van der Waals surface area contributed by atoms with Crippen molar-refractivity contribution < 1.29 is 17.6 Å². The summed E-state index contributed by atoms with van der Waals surface area (Å²) in [6.07, 6.45) is -4.61. The summed E-state index contributed by atoms with van der Waals surface area (Å²) in [5.74, 6) is -0.487. The van der Waals surface area contributed by atoms with Gasteiger partial charge in [0.15, 0.2) is 5.96 Å². The molecule has 0 aliphatic heterocycles. The first-order valence-corrected chi connectivity index (χ1v) is 8.23. The van der Waals surface area contributed by atoms with Crippen molar-refractivity contribution in [3.05, 3.63) is 35.1 Å². The Bertz CT molecular complexity index is 570. The Hall–Kier alpha value is -1.83. The second kappa shape index (κ2) is 9.60. The minimum absolute atomic E-state index is 0.0644. The summed E-state index contributed by atoms with van der Waals surface area (Å²) in [6, 6.07) is 3.04. The lowest BCUT2D eigenvalue weighted by Gasteiger charge is -2.21. The van der Waals surface area contributed by atoms with E-state index in [9.17, 15) is 17.6 Å². The lowest BCUT2D eigenvalue weighted by Crippen LogP contribution is -2.42. The molecule has 25 heavy (non-hydrogen) atoms. The number of likely N-dealkylation sites (N-methyl/N-ethyl adjacent to an activating group) is 1. The molecule has 142 valence electrons. The number of halogens is 4. The molecule has 0 fully saturated rings. The van der Waals surface area contributed by atoms with Crippen LogP contribution < -0.4 is 10.6 Å². The van der Waals surface area contributed by atoms with Crippen LogP contribution >= 0.6 is 0 Å². The summed E-state index contributed by atoms with van der Waals surface area (Å²) in [5.41, 5.74) is -1.06. The number of nitrogens with one attached hydrogen (secondary N) is 2. The zero-order chi connectivity index (χ0) is 19.0. The molecule has 0 atom stereocenters. The minimum Gasteiger partial charge on any atom is -0.357 e. The molecule has 2 N–H and O–H groups in total. The van der Waals surface area contributed by atoms with Gasteiger partial charge < -0.3 is 15.5 Å². The summed E-state index contributed by atoms with van der Waals surface area (Å²) >= 11 is 0. The third-order valence-electron chi connectivity index (χ3n) is 3.77. The van der Waals surface area contributed by atoms with Gasteiger partial charge in [-0.3, -0.25) is 0 Å².